The van der Waals surface area contributed by atoms with Crippen LogP contribution in [0.2, 0.25) is 5.02 Å². The molecule has 0 bridgehead atoms. The van der Waals surface area contributed by atoms with Crippen LogP contribution in [-0.2, 0) is 11.2 Å². The number of carbonyl (C=O) groups is 1. The van der Waals surface area contributed by atoms with Crippen molar-refractivity contribution in [2.45, 2.75) is 13.3 Å². The van der Waals surface area contributed by atoms with Crippen molar-refractivity contribution < 1.29 is 4.79 Å². The molecule has 0 spiro atoms. The number of nitrogen functional groups attached to an aromatic ring is 1. The van der Waals surface area contributed by atoms with E-state index >= 15 is 0 Å². The fourth-order valence-electron chi connectivity index (χ4n) is 3.45. The summed E-state index contributed by atoms with van der Waals surface area (Å²) in [6.45, 7) is 5.47. The maximum Gasteiger partial charge on any atom is 0.271 e. The molecule has 1 aliphatic rings. The summed E-state index contributed by atoms with van der Waals surface area (Å²) in [6, 6.07) is 7.50. The lowest BCUT2D eigenvalue weighted by atomic mass is 10.1. The van der Waals surface area contributed by atoms with Crippen LogP contribution in [0.15, 0.2) is 42.4 Å². The van der Waals surface area contributed by atoms with Gasteiger partial charge in [0.1, 0.15) is 5.70 Å². The number of carbonyl (C=O) groups excluding carboxylic acids is 1. The van der Waals surface area contributed by atoms with Gasteiger partial charge in [0.15, 0.2) is 0 Å². The molecule has 1 aromatic heterocycles. The molecule has 1 fully saturated rings. The monoisotopic (exact) mass is 428 g/mol. The minimum absolute atomic E-state index is 0.156. The lowest BCUT2D eigenvalue weighted by Gasteiger charge is -2.32. The van der Waals surface area contributed by atoms with Crippen LogP contribution in [0.5, 0.6) is 0 Å². The zero-order valence-corrected chi connectivity index (χ0v) is 18.2. The van der Waals surface area contributed by atoms with E-state index in [9.17, 15) is 4.79 Å². The van der Waals surface area contributed by atoms with Crippen molar-refractivity contribution >= 4 is 28.9 Å². The highest BCUT2D eigenvalue weighted by Crippen LogP contribution is 2.25. The van der Waals surface area contributed by atoms with Crippen LogP contribution in [0.3, 0.4) is 0 Å². The topological polar surface area (TPSA) is 101 Å². The van der Waals surface area contributed by atoms with Gasteiger partial charge in [-0.25, -0.2) is 0 Å². The van der Waals surface area contributed by atoms with Gasteiger partial charge in [-0.15, -0.1) is 0 Å². The molecule has 0 unspecified atom stereocenters. The van der Waals surface area contributed by atoms with Crippen molar-refractivity contribution in [1.82, 2.24) is 20.1 Å². The maximum absolute atomic E-state index is 13.0. The Kier molecular flexibility index (Phi) is 7.18. The summed E-state index contributed by atoms with van der Waals surface area (Å²) in [7, 11) is 2.05. The number of hydrogen-bond acceptors (Lipinski definition) is 6. The summed E-state index contributed by atoms with van der Waals surface area (Å²) in [5, 5.41) is 4.00. The number of halogens is 1. The van der Waals surface area contributed by atoms with E-state index in [2.05, 4.69) is 15.2 Å². The molecule has 7 nitrogen and oxygen atoms in total. The Labute approximate surface area is 182 Å². The van der Waals surface area contributed by atoms with Crippen LogP contribution in [0.25, 0.3) is 5.70 Å². The van der Waals surface area contributed by atoms with E-state index in [1.807, 2.05) is 38.2 Å². The lowest BCUT2D eigenvalue weighted by Crippen LogP contribution is -2.48. The first-order valence-electron chi connectivity index (χ1n) is 10.0. The van der Waals surface area contributed by atoms with Crippen molar-refractivity contribution in [3.63, 3.8) is 0 Å². The van der Waals surface area contributed by atoms with Crippen molar-refractivity contribution in [2.24, 2.45) is 5.73 Å². The number of amides is 1. The number of aromatic nitrogens is 1. The highest BCUT2D eigenvalue weighted by molar-refractivity contribution is 6.31. The first-order chi connectivity index (χ1) is 14.4. The molecule has 1 amide bonds. The number of benzene rings is 1. The molecule has 1 saturated heterocycles. The minimum Gasteiger partial charge on any atom is -0.398 e. The minimum atomic E-state index is -0.156. The molecule has 8 heteroatoms. The van der Waals surface area contributed by atoms with E-state index in [4.69, 9.17) is 23.1 Å². The number of nitrogens with zero attached hydrogens (tertiary/aromatic N) is 3. The number of nitrogens with one attached hydrogen (secondary N) is 1. The maximum atomic E-state index is 13.0. The predicted octanol–water partition coefficient (Wildman–Crippen LogP) is 1.86. The zero-order chi connectivity index (χ0) is 21.7. The Hall–Kier alpha value is -2.77. The van der Waals surface area contributed by atoms with Crippen LogP contribution in [0.4, 0.5) is 5.69 Å². The van der Waals surface area contributed by atoms with Crippen molar-refractivity contribution in [1.29, 1.82) is 0 Å². The van der Waals surface area contributed by atoms with E-state index in [1.165, 1.54) is 0 Å². The Morgan fingerprint density at radius 3 is 2.63 bits per heavy atom. The quantitative estimate of drug-likeness (QED) is 0.479. The summed E-state index contributed by atoms with van der Waals surface area (Å²) >= 11 is 6.14. The predicted molar refractivity (Wildman–Crippen MR) is 122 cm³/mol. The second kappa shape index (κ2) is 9.82. The molecule has 1 aromatic carbocycles. The molecule has 2 heterocycles. The number of likely N-dealkylation sites (N-methyl/N-ethyl adjacent to an activating group) is 1. The SMILES string of the molecule is Cc1c(Cl)ccc(CCN/C(=C(\N)C(=O)N2CCN(C)CC2)c2cccnc2)c1N. The van der Waals surface area contributed by atoms with Gasteiger partial charge in [0.2, 0.25) is 0 Å². The molecule has 0 radical (unpaired) electrons. The third kappa shape index (κ3) is 5.04. The van der Waals surface area contributed by atoms with E-state index in [-0.39, 0.29) is 11.6 Å². The molecular weight excluding hydrogens is 400 g/mol. The van der Waals surface area contributed by atoms with Crippen LogP contribution >= 0.6 is 11.6 Å². The zero-order valence-electron chi connectivity index (χ0n) is 17.5. The highest BCUT2D eigenvalue weighted by Gasteiger charge is 2.23. The molecule has 2 aromatic rings. The molecule has 5 N–H and O–H groups in total. The number of hydrogen-bond donors (Lipinski definition) is 3. The van der Waals surface area contributed by atoms with E-state index in [0.29, 0.717) is 42.5 Å². The summed E-state index contributed by atoms with van der Waals surface area (Å²) in [5.41, 5.74) is 16.7. The third-order valence-electron chi connectivity index (χ3n) is 5.48. The van der Waals surface area contributed by atoms with E-state index in [0.717, 1.165) is 29.8 Å². The van der Waals surface area contributed by atoms with Gasteiger partial charge in [0, 0.05) is 61.4 Å². The number of rotatable bonds is 6. The average Bonchev–Trinajstić information content (AvgIpc) is 2.76. The van der Waals surface area contributed by atoms with Crippen molar-refractivity contribution in [2.75, 3.05) is 45.5 Å². The second-order valence-corrected chi connectivity index (χ2v) is 7.96. The van der Waals surface area contributed by atoms with Gasteiger partial charge < -0.3 is 26.6 Å². The first kappa shape index (κ1) is 21.9. The third-order valence-corrected chi connectivity index (χ3v) is 5.89. The molecule has 30 heavy (non-hydrogen) atoms. The Bertz CT molecular complexity index is 923. The summed E-state index contributed by atoms with van der Waals surface area (Å²) in [4.78, 5) is 21.2. The van der Waals surface area contributed by atoms with Crippen LogP contribution in [0.1, 0.15) is 16.7 Å². The van der Waals surface area contributed by atoms with Gasteiger partial charge >= 0.3 is 0 Å². The van der Waals surface area contributed by atoms with Crippen LogP contribution in [0, 0.1) is 6.92 Å². The number of pyridine rings is 1. The summed E-state index contributed by atoms with van der Waals surface area (Å²) < 4.78 is 0. The number of nitrogens with two attached hydrogens (primary N) is 2. The number of piperazine rings is 1. The standard InChI is InChI=1S/C22H29ClN6O/c1-15-18(23)6-5-16(19(15)24)7-9-27-21(17-4-3-8-26-14-17)20(25)22(30)29-12-10-28(2)11-13-29/h3-6,8,14,27H,7,9-13,24-25H2,1-2H3/b21-20-. The summed E-state index contributed by atoms with van der Waals surface area (Å²) in [5.74, 6) is -0.156. The molecule has 0 atom stereocenters. The Morgan fingerprint density at radius 1 is 1.23 bits per heavy atom. The Balaban J connectivity index is 1.78. The molecule has 3 rings (SSSR count). The van der Waals surface area contributed by atoms with Gasteiger partial charge in [-0.1, -0.05) is 17.7 Å². The average molecular weight is 429 g/mol. The molecule has 0 saturated carbocycles. The van der Waals surface area contributed by atoms with Gasteiger partial charge in [-0.3, -0.25) is 9.78 Å². The fraction of sp³-hybridized carbons (Fsp3) is 0.364. The van der Waals surface area contributed by atoms with Crippen LogP contribution < -0.4 is 16.8 Å². The van der Waals surface area contributed by atoms with Gasteiger partial charge in [-0.2, -0.15) is 0 Å². The first-order valence-corrected chi connectivity index (χ1v) is 10.4. The van der Waals surface area contributed by atoms with Crippen LogP contribution in [-0.4, -0.2) is 60.5 Å². The second-order valence-electron chi connectivity index (χ2n) is 7.55. The number of anilines is 1. The normalized spacial score (nSPS) is 15.6. The smallest absolute Gasteiger partial charge is 0.271 e. The van der Waals surface area contributed by atoms with E-state index < -0.39 is 0 Å². The van der Waals surface area contributed by atoms with Gasteiger partial charge in [0.05, 0.1) is 5.70 Å². The molecule has 160 valence electrons. The van der Waals surface area contributed by atoms with Crippen molar-refractivity contribution in [3.05, 3.63) is 64.1 Å². The lowest BCUT2D eigenvalue weighted by molar-refractivity contribution is -0.128. The van der Waals surface area contributed by atoms with Gasteiger partial charge in [0.25, 0.3) is 5.91 Å². The van der Waals surface area contributed by atoms with Gasteiger partial charge in [-0.05, 0) is 49.7 Å². The molecule has 1 aliphatic heterocycles. The Morgan fingerprint density at radius 2 is 1.97 bits per heavy atom. The molecular formula is C22H29ClN6O. The largest absolute Gasteiger partial charge is 0.398 e. The van der Waals surface area contributed by atoms with Crippen molar-refractivity contribution in [3.8, 4) is 0 Å². The fourth-order valence-corrected chi connectivity index (χ4v) is 3.61. The summed E-state index contributed by atoms with van der Waals surface area (Å²) in [6.07, 6.45) is 4.06. The molecule has 0 aliphatic carbocycles. The highest BCUT2D eigenvalue weighted by atomic mass is 35.5. The van der Waals surface area contributed by atoms with E-state index in [1.54, 1.807) is 17.3 Å².